The molecule has 0 bridgehead atoms. The average Bonchev–Trinajstić information content (AvgIpc) is 2.67. The third-order valence-electron chi connectivity index (χ3n) is 4.04. The molecular weight excluding hydrogens is 340 g/mol. The van der Waals surface area contributed by atoms with Crippen LogP contribution in [0.15, 0.2) is 54.9 Å². The van der Waals surface area contributed by atoms with E-state index in [2.05, 4.69) is 39.7 Å². The number of hydrogen-bond donors (Lipinski definition) is 2. The number of carbonyl (C=O) groups excluding carboxylic acids is 1. The standard InChI is InChI=1S/C21H22N4O2/c1-14-5-4-6-16(9-14)11-23-20-13-22-18(12-24-20)21(26)25-17-10-15(2)7-8-19(17)27-3/h4-10,12-13H,11H2,1-3H3,(H,23,24)(H,25,26). The minimum atomic E-state index is -0.336. The quantitative estimate of drug-likeness (QED) is 0.694. The van der Waals surface area contributed by atoms with E-state index >= 15 is 0 Å². The largest absolute Gasteiger partial charge is 0.495 e. The zero-order valence-corrected chi connectivity index (χ0v) is 15.6. The Kier molecular flexibility index (Phi) is 5.66. The van der Waals surface area contributed by atoms with Crippen molar-refractivity contribution in [2.45, 2.75) is 20.4 Å². The highest BCUT2D eigenvalue weighted by Crippen LogP contribution is 2.25. The minimum Gasteiger partial charge on any atom is -0.495 e. The highest BCUT2D eigenvalue weighted by Gasteiger charge is 2.12. The summed E-state index contributed by atoms with van der Waals surface area (Å²) in [6, 6.07) is 13.8. The third kappa shape index (κ3) is 4.82. The first-order valence-electron chi connectivity index (χ1n) is 8.62. The lowest BCUT2D eigenvalue weighted by atomic mass is 10.1. The number of methoxy groups -OCH3 is 1. The van der Waals surface area contributed by atoms with Crippen LogP contribution in [0.1, 0.15) is 27.2 Å². The highest BCUT2D eigenvalue weighted by atomic mass is 16.5. The average molecular weight is 362 g/mol. The van der Waals surface area contributed by atoms with Crippen molar-refractivity contribution in [3.63, 3.8) is 0 Å². The van der Waals surface area contributed by atoms with Crippen LogP contribution in [0.25, 0.3) is 0 Å². The molecule has 3 rings (SSSR count). The second kappa shape index (κ2) is 8.31. The molecule has 0 aliphatic rings. The van der Waals surface area contributed by atoms with Crippen LogP contribution in [0.3, 0.4) is 0 Å². The number of benzene rings is 2. The van der Waals surface area contributed by atoms with Crippen molar-refractivity contribution in [2.24, 2.45) is 0 Å². The Labute approximate surface area is 158 Å². The normalized spacial score (nSPS) is 10.3. The van der Waals surface area contributed by atoms with Gasteiger partial charge in [-0.3, -0.25) is 4.79 Å². The van der Waals surface area contributed by atoms with Gasteiger partial charge in [-0.2, -0.15) is 0 Å². The van der Waals surface area contributed by atoms with E-state index in [4.69, 9.17) is 4.74 Å². The van der Waals surface area contributed by atoms with Crippen molar-refractivity contribution in [3.05, 3.63) is 77.2 Å². The molecule has 0 spiro atoms. The van der Waals surface area contributed by atoms with Gasteiger partial charge >= 0.3 is 0 Å². The van der Waals surface area contributed by atoms with Crippen molar-refractivity contribution in [1.29, 1.82) is 0 Å². The first kappa shape index (κ1) is 18.4. The summed E-state index contributed by atoms with van der Waals surface area (Å²) < 4.78 is 5.28. The molecule has 1 amide bonds. The van der Waals surface area contributed by atoms with Crippen LogP contribution in [-0.4, -0.2) is 23.0 Å². The van der Waals surface area contributed by atoms with E-state index in [1.807, 2.05) is 37.3 Å². The number of aromatic nitrogens is 2. The first-order valence-corrected chi connectivity index (χ1v) is 8.62. The topological polar surface area (TPSA) is 76.1 Å². The Morgan fingerprint density at radius 1 is 1.04 bits per heavy atom. The maximum Gasteiger partial charge on any atom is 0.275 e. The molecule has 0 radical (unpaired) electrons. The van der Waals surface area contributed by atoms with E-state index in [9.17, 15) is 4.79 Å². The number of hydrogen-bond acceptors (Lipinski definition) is 5. The number of anilines is 2. The van der Waals surface area contributed by atoms with E-state index in [-0.39, 0.29) is 11.6 Å². The second-order valence-electron chi connectivity index (χ2n) is 6.29. The highest BCUT2D eigenvalue weighted by molar-refractivity contribution is 6.03. The monoisotopic (exact) mass is 362 g/mol. The molecule has 0 aliphatic heterocycles. The number of carbonyl (C=O) groups is 1. The summed E-state index contributed by atoms with van der Waals surface area (Å²) in [5.74, 6) is 0.871. The van der Waals surface area contributed by atoms with Crippen LogP contribution in [-0.2, 0) is 6.54 Å². The lowest BCUT2D eigenvalue weighted by Gasteiger charge is -2.11. The smallest absolute Gasteiger partial charge is 0.275 e. The molecule has 0 aliphatic carbocycles. The molecule has 2 N–H and O–H groups in total. The van der Waals surface area contributed by atoms with E-state index in [1.165, 1.54) is 11.8 Å². The van der Waals surface area contributed by atoms with Crippen molar-refractivity contribution in [2.75, 3.05) is 17.7 Å². The van der Waals surface area contributed by atoms with E-state index in [0.717, 1.165) is 11.1 Å². The molecule has 2 aromatic carbocycles. The van der Waals surface area contributed by atoms with Crippen LogP contribution in [0, 0.1) is 13.8 Å². The van der Waals surface area contributed by atoms with Crippen LogP contribution in [0.5, 0.6) is 5.75 Å². The predicted octanol–water partition coefficient (Wildman–Crippen LogP) is 3.97. The van der Waals surface area contributed by atoms with E-state index in [0.29, 0.717) is 23.8 Å². The van der Waals surface area contributed by atoms with Gasteiger partial charge in [0.05, 0.1) is 25.2 Å². The van der Waals surface area contributed by atoms with E-state index < -0.39 is 0 Å². The molecule has 0 saturated carbocycles. The van der Waals surface area contributed by atoms with E-state index in [1.54, 1.807) is 13.3 Å². The minimum absolute atomic E-state index is 0.236. The van der Waals surface area contributed by atoms with Gasteiger partial charge in [-0.15, -0.1) is 0 Å². The van der Waals surface area contributed by atoms with Crippen molar-refractivity contribution >= 4 is 17.4 Å². The fourth-order valence-electron chi connectivity index (χ4n) is 2.66. The summed E-state index contributed by atoms with van der Waals surface area (Å²) in [7, 11) is 1.56. The zero-order chi connectivity index (χ0) is 19.2. The summed E-state index contributed by atoms with van der Waals surface area (Å²) in [5, 5.41) is 6.02. The Balaban J connectivity index is 1.64. The molecule has 6 heteroatoms. The molecule has 138 valence electrons. The molecule has 27 heavy (non-hydrogen) atoms. The number of rotatable bonds is 6. The number of ether oxygens (including phenoxy) is 1. The van der Waals surface area contributed by atoms with Gasteiger partial charge in [0.2, 0.25) is 0 Å². The van der Waals surface area contributed by atoms with Gasteiger partial charge in [-0.1, -0.05) is 35.9 Å². The fraction of sp³-hybridized carbons (Fsp3) is 0.190. The number of nitrogens with one attached hydrogen (secondary N) is 2. The number of amides is 1. The van der Waals surface area contributed by atoms with Crippen LogP contribution >= 0.6 is 0 Å². The lowest BCUT2D eigenvalue weighted by Crippen LogP contribution is -2.15. The molecule has 3 aromatic rings. The Morgan fingerprint density at radius 2 is 1.85 bits per heavy atom. The van der Waals surface area contributed by atoms with Crippen molar-refractivity contribution < 1.29 is 9.53 Å². The Morgan fingerprint density at radius 3 is 2.56 bits per heavy atom. The molecule has 1 aromatic heterocycles. The van der Waals surface area contributed by atoms with Gasteiger partial charge < -0.3 is 15.4 Å². The fourth-order valence-corrected chi connectivity index (χ4v) is 2.66. The molecule has 0 atom stereocenters. The zero-order valence-electron chi connectivity index (χ0n) is 15.6. The molecule has 6 nitrogen and oxygen atoms in total. The van der Waals surface area contributed by atoms with Crippen molar-refractivity contribution in [3.8, 4) is 5.75 Å². The van der Waals surface area contributed by atoms with Gasteiger partial charge in [-0.25, -0.2) is 9.97 Å². The number of nitrogens with zero attached hydrogens (tertiary/aromatic N) is 2. The van der Waals surface area contributed by atoms with Gasteiger partial charge in [-0.05, 0) is 37.1 Å². The molecule has 0 unspecified atom stereocenters. The summed E-state index contributed by atoms with van der Waals surface area (Å²) in [5.41, 5.74) is 4.22. The van der Waals surface area contributed by atoms with Gasteiger partial charge in [0.25, 0.3) is 5.91 Å². The summed E-state index contributed by atoms with van der Waals surface area (Å²) in [6.07, 6.45) is 3.01. The maximum atomic E-state index is 12.4. The molecule has 0 fully saturated rings. The molecule has 0 saturated heterocycles. The summed E-state index contributed by atoms with van der Waals surface area (Å²) in [6.45, 7) is 4.64. The number of aryl methyl sites for hydroxylation is 2. The second-order valence-corrected chi connectivity index (χ2v) is 6.29. The van der Waals surface area contributed by atoms with Gasteiger partial charge in [0.15, 0.2) is 0 Å². The lowest BCUT2D eigenvalue weighted by molar-refractivity contribution is 0.102. The van der Waals surface area contributed by atoms with Crippen LogP contribution < -0.4 is 15.4 Å². The van der Waals surface area contributed by atoms with Gasteiger partial charge in [0, 0.05) is 6.54 Å². The SMILES string of the molecule is COc1ccc(C)cc1NC(=O)c1cnc(NCc2cccc(C)c2)cn1. The van der Waals surface area contributed by atoms with Crippen LogP contribution in [0.4, 0.5) is 11.5 Å². The van der Waals surface area contributed by atoms with Crippen LogP contribution in [0.2, 0.25) is 0 Å². The summed E-state index contributed by atoms with van der Waals surface area (Å²) >= 11 is 0. The first-order chi connectivity index (χ1) is 13.0. The third-order valence-corrected chi connectivity index (χ3v) is 4.04. The molecular formula is C21H22N4O2. The van der Waals surface area contributed by atoms with Crippen molar-refractivity contribution in [1.82, 2.24) is 9.97 Å². The Hall–Kier alpha value is -3.41. The maximum absolute atomic E-state index is 12.4. The predicted molar refractivity (Wildman–Crippen MR) is 106 cm³/mol. The molecule has 1 heterocycles. The summed E-state index contributed by atoms with van der Waals surface area (Å²) in [4.78, 5) is 20.9. The Bertz CT molecular complexity index is 939. The van der Waals surface area contributed by atoms with Gasteiger partial charge in [0.1, 0.15) is 17.3 Å².